The summed E-state index contributed by atoms with van der Waals surface area (Å²) in [7, 11) is -4.47. The average molecular weight is 481 g/mol. The molecule has 0 aliphatic carbocycles. The standard InChI is InChI=1S/C23H20N4O6S/c24-20-17(13-4-2-1-3-5-13)12-15(21(34(26,32)33)19(20)22(25)29)8-11-18(28)27-16-9-6-14(7-10-16)23(30)31/h1-12H,24H2,(H2,25,29)(H,27,28)(H,30,31)(H2,26,32,33). The fourth-order valence-corrected chi connectivity index (χ4v) is 4.23. The molecule has 0 spiro atoms. The third-order valence-corrected chi connectivity index (χ3v) is 5.79. The van der Waals surface area contributed by atoms with E-state index in [1.54, 1.807) is 30.3 Å². The minimum absolute atomic E-state index is 0.0423. The van der Waals surface area contributed by atoms with Crippen LogP contribution in [0.1, 0.15) is 26.3 Å². The van der Waals surface area contributed by atoms with Crippen molar-refractivity contribution in [3.8, 4) is 11.1 Å². The van der Waals surface area contributed by atoms with E-state index in [2.05, 4.69) is 5.32 Å². The largest absolute Gasteiger partial charge is 0.478 e. The van der Waals surface area contributed by atoms with Crippen molar-refractivity contribution in [1.82, 2.24) is 0 Å². The summed E-state index contributed by atoms with van der Waals surface area (Å²) in [4.78, 5) is 34.9. The van der Waals surface area contributed by atoms with Crippen molar-refractivity contribution >= 4 is 45.3 Å². The molecule has 2 amide bonds. The molecule has 0 radical (unpaired) electrons. The van der Waals surface area contributed by atoms with E-state index in [0.29, 0.717) is 16.8 Å². The quantitative estimate of drug-likeness (QED) is 0.252. The number of amides is 2. The van der Waals surface area contributed by atoms with E-state index in [1.165, 1.54) is 36.4 Å². The number of primary amides is 1. The van der Waals surface area contributed by atoms with Gasteiger partial charge in [-0.25, -0.2) is 18.4 Å². The Morgan fingerprint density at radius 2 is 1.59 bits per heavy atom. The highest BCUT2D eigenvalue weighted by molar-refractivity contribution is 7.89. The lowest BCUT2D eigenvalue weighted by Crippen LogP contribution is -2.24. The first kappa shape index (κ1) is 24.2. The SMILES string of the molecule is NC(=O)c1c(N)c(-c2ccccc2)cc(C=CC(=O)Nc2ccc(C(=O)O)cc2)c1S(N)(=O)=O. The summed E-state index contributed by atoms with van der Waals surface area (Å²) in [6.45, 7) is 0. The lowest BCUT2D eigenvalue weighted by Gasteiger charge is -2.16. The van der Waals surface area contributed by atoms with Gasteiger partial charge >= 0.3 is 5.97 Å². The second-order valence-corrected chi connectivity index (χ2v) is 8.61. The fourth-order valence-electron chi connectivity index (χ4n) is 3.28. The highest BCUT2D eigenvalue weighted by Crippen LogP contribution is 2.35. The number of nitrogens with two attached hydrogens (primary N) is 3. The maximum absolute atomic E-state index is 12.4. The number of nitrogen functional groups attached to an aromatic ring is 1. The van der Waals surface area contributed by atoms with Gasteiger partial charge in [0.15, 0.2) is 0 Å². The molecule has 174 valence electrons. The third kappa shape index (κ3) is 5.28. The Kier molecular flexibility index (Phi) is 6.80. The zero-order valence-corrected chi connectivity index (χ0v) is 18.4. The molecule has 11 heteroatoms. The van der Waals surface area contributed by atoms with E-state index in [9.17, 15) is 22.8 Å². The minimum atomic E-state index is -4.47. The molecule has 3 aromatic carbocycles. The Morgan fingerprint density at radius 1 is 0.971 bits per heavy atom. The van der Waals surface area contributed by atoms with Crippen LogP contribution in [0.3, 0.4) is 0 Å². The maximum Gasteiger partial charge on any atom is 0.335 e. The Bertz CT molecular complexity index is 1420. The van der Waals surface area contributed by atoms with Crippen LogP contribution in [-0.2, 0) is 14.8 Å². The molecule has 0 saturated carbocycles. The van der Waals surface area contributed by atoms with Gasteiger partial charge < -0.3 is 21.9 Å². The molecule has 3 aromatic rings. The molecule has 0 fully saturated rings. The molecule has 0 aliphatic rings. The van der Waals surface area contributed by atoms with Gasteiger partial charge in [0.2, 0.25) is 15.9 Å². The lowest BCUT2D eigenvalue weighted by molar-refractivity contribution is -0.111. The number of carboxylic acid groups (broad SMARTS) is 1. The first-order valence-corrected chi connectivity index (χ1v) is 11.2. The van der Waals surface area contributed by atoms with Gasteiger partial charge in [-0.3, -0.25) is 9.59 Å². The molecule has 0 aromatic heterocycles. The minimum Gasteiger partial charge on any atom is -0.478 e. The van der Waals surface area contributed by atoms with Crippen molar-refractivity contribution in [2.45, 2.75) is 4.90 Å². The van der Waals surface area contributed by atoms with Gasteiger partial charge in [0.1, 0.15) is 4.90 Å². The number of carboxylic acids is 1. The van der Waals surface area contributed by atoms with E-state index < -0.39 is 38.3 Å². The summed E-state index contributed by atoms with van der Waals surface area (Å²) in [5, 5.41) is 16.8. The van der Waals surface area contributed by atoms with Crippen LogP contribution in [0.2, 0.25) is 0 Å². The number of nitrogens with one attached hydrogen (secondary N) is 1. The summed E-state index contributed by atoms with van der Waals surface area (Å²) < 4.78 is 24.7. The van der Waals surface area contributed by atoms with Gasteiger partial charge in [-0.05, 0) is 47.5 Å². The zero-order chi connectivity index (χ0) is 25.0. The maximum atomic E-state index is 12.4. The van der Waals surface area contributed by atoms with Crippen LogP contribution < -0.4 is 21.9 Å². The van der Waals surface area contributed by atoms with Crippen molar-refractivity contribution in [3.63, 3.8) is 0 Å². The van der Waals surface area contributed by atoms with Crippen molar-refractivity contribution in [3.05, 3.63) is 83.4 Å². The predicted octanol–water partition coefficient (Wildman–Crippen LogP) is 2.03. The van der Waals surface area contributed by atoms with Crippen LogP contribution in [0.5, 0.6) is 0 Å². The van der Waals surface area contributed by atoms with E-state index in [4.69, 9.17) is 21.7 Å². The summed E-state index contributed by atoms with van der Waals surface area (Å²) in [5.41, 5.74) is 12.1. The summed E-state index contributed by atoms with van der Waals surface area (Å²) in [5.74, 6) is -2.87. The molecule has 0 heterocycles. The monoisotopic (exact) mass is 480 g/mol. The van der Waals surface area contributed by atoms with E-state index >= 15 is 0 Å². The first-order chi connectivity index (χ1) is 16.0. The number of benzene rings is 3. The number of carbonyl (C=O) groups is 3. The highest BCUT2D eigenvalue weighted by atomic mass is 32.2. The smallest absolute Gasteiger partial charge is 0.335 e. The normalized spacial score (nSPS) is 11.3. The number of hydrogen-bond acceptors (Lipinski definition) is 6. The number of sulfonamides is 1. The van der Waals surface area contributed by atoms with Gasteiger partial charge in [-0.1, -0.05) is 30.3 Å². The second-order valence-electron chi connectivity index (χ2n) is 7.11. The van der Waals surface area contributed by atoms with Crippen LogP contribution in [-0.4, -0.2) is 31.3 Å². The first-order valence-electron chi connectivity index (χ1n) is 9.66. The van der Waals surface area contributed by atoms with Gasteiger partial charge in [-0.2, -0.15) is 0 Å². The summed E-state index contributed by atoms with van der Waals surface area (Å²) in [6, 6.07) is 15.4. The van der Waals surface area contributed by atoms with Crippen molar-refractivity contribution in [2.24, 2.45) is 10.9 Å². The van der Waals surface area contributed by atoms with Crippen LogP contribution in [0.15, 0.2) is 71.6 Å². The topological polar surface area (TPSA) is 196 Å². The molecule has 0 atom stereocenters. The highest BCUT2D eigenvalue weighted by Gasteiger charge is 2.26. The molecule has 0 saturated heterocycles. The third-order valence-electron chi connectivity index (χ3n) is 4.78. The van der Waals surface area contributed by atoms with Gasteiger partial charge in [0.25, 0.3) is 5.91 Å². The van der Waals surface area contributed by atoms with Gasteiger partial charge in [-0.15, -0.1) is 0 Å². The van der Waals surface area contributed by atoms with E-state index in [-0.39, 0.29) is 16.8 Å². The number of hydrogen-bond donors (Lipinski definition) is 5. The van der Waals surface area contributed by atoms with Gasteiger partial charge in [0, 0.05) is 17.3 Å². The molecule has 3 rings (SSSR count). The molecule has 0 bridgehead atoms. The molecule has 34 heavy (non-hydrogen) atoms. The average Bonchev–Trinajstić information content (AvgIpc) is 2.77. The Balaban J connectivity index is 2.07. The fraction of sp³-hybridized carbons (Fsp3) is 0. The molecule has 10 nitrogen and oxygen atoms in total. The molecule has 0 aliphatic heterocycles. The van der Waals surface area contributed by atoms with E-state index in [0.717, 1.165) is 6.08 Å². The van der Waals surface area contributed by atoms with Crippen LogP contribution in [0.4, 0.5) is 11.4 Å². The van der Waals surface area contributed by atoms with Gasteiger partial charge in [0.05, 0.1) is 16.8 Å². The number of carbonyl (C=O) groups excluding carboxylic acids is 2. The summed E-state index contributed by atoms with van der Waals surface area (Å²) >= 11 is 0. The van der Waals surface area contributed by atoms with Crippen LogP contribution in [0, 0.1) is 0 Å². The number of anilines is 2. The van der Waals surface area contributed by atoms with Crippen LogP contribution in [0.25, 0.3) is 17.2 Å². The lowest BCUT2D eigenvalue weighted by atomic mass is 9.96. The molecular formula is C23H20N4O6S. The van der Waals surface area contributed by atoms with Crippen molar-refractivity contribution < 1.29 is 27.9 Å². The Labute approximate surface area is 194 Å². The predicted molar refractivity (Wildman–Crippen MR) is 127 cm³/mol. The number of rotatable bonds is 7. The Hall–Kier alpha value is -4.48. The Morgan fingerprint density at radius 3 is 2.12 bits per heavy atom. The number of primary sulfonamides is 1. The molecule has 8 N–H and O–H groups in total. The second kappa shape index (κ2) is 9.57. The molecule has 0 unspecified atom stereocenters. The van der Waals surface area contributed by atoms with Crippen molar-refractivity contribution in [2.75, 3.05) is 11.1 Å². The van der Waals surface area contributed by atoms with Crippen LogP contribution >= 0.6 is 0 Å². The zero-order valence-electron chi connectivity index (χ0n) is 17.6. The van der Waals surface area contributed by atoms with Crippen molar-refractivity contribution in [1.29, 1.82) is 0 Å². The summed E-state index contributed by atoms with van der Waals surface area (Å²) in [6.07, 6.45) is 2.20. The number of aromatic carboxylic acids is 1. The molecular weight excluding hydrogens is 460 g/mol. The van der Waals surface area contributed by atoms with E-state index in [1.807, 2.05) is 0 Å².